The normalized spacial score (nSPS) is 23.5. The average molecular weight is 1430 g/mol. The van der Waals surface area contributed by atoms with Crippen molar-refractivity contribution in [2.45, 2.75) is 186 Å². The molecule has 2 fully saturated rings. The van der Waals surface area contributed by atoms with E-state index in [4.69, 9.17) is 9.47 Å². The maximum atomic E-state index is 15.4. The van der Waals surface area contributed by atoms with Crippen LogP contribution < -0.4 is 47.3 Å². The zero-order valence-corrected chi connectivity index (χ0v) is 60.6. The van der Waals surface area contributed by atoms with Crippen LogP contribution in [-0.2, 0) is 86.9 Å². The van der Waals surface area contributed by atoms with Gasteiger partial charge in [0.25, 0.3) is 5.91 Å². The van der Waals surface area contributed by atoms with Gasteiger partial charge < -0.3 is 66.9 Å². The number of hydrogen-bond donors (Lipinski definition) is 10. The molecule has 8 rings (SSSR count). The monoisotopic (exact) mass is 1430 g/mol. The van der Waals surface area contributed by atoms with Crippen molar-refractivity contribution in [2.75, 3.05) is 46.6 Å². The number of carbonyl (C=O) groups is 10. The van der Waals surface area contributed by atoms with E-state index in [1.54, 1.807) is 87.7 Å². The van der Waals surface area contributed by atoms with E-state index < -0.39 is 159 Å². The number of rotatable bonds is 15. The van der Waals surface area contributed by atoms with Gasteiger partial charge in [-0.15, -0.1) is 5.10 Å². The molecule has 0 radical (unpaired) electrons. The molecule has 3 aliphatic heterocycles. The Kier molecular flexibility index (Phi) is 26.6. The van der Waals surface area contributed by atoms with Crippen molar-refractivity contribution in [3.63, 3.8) is 0 Å². The van der Waals surface area contributed by atoms with Crippen LogP contribution in [0.15, 0.2) is 103 Å². The van der Waals surface area contributed by atoms with Crippen molar-refractivity contribution in [3.8, 4) is 0 Å². The van der Waals surface area contributed by atoms with E-state index >= 15 is 19.2 Å². The number of nitrogens with one attached hydrogen (secondary N) is 9. The van der Waals surface area contributed by atoms with E-state index in [1.807, 2.05) is 83.6 Å². The first-order valence-corrected chi connectivity index (χ1v) is 36.4. The lowest BCUT2D eigenvalue weighted by atomic mass is 9.85. The summed E-state index contributed by atoms with van der Waals surface area (Å²) in [5.41, 5.74) is -0.447. The van der Waals surface area contributed by atoms with Gasteiger partial charge in [0.05, 0.1) is 50.0 Å². The van der Waals surface area contributed by atoms with Gasteiger partial charge in [-0.25, -0.2) is 17.9 Å². The van der Waals surface area contributed by atoms with Crippen LogP contribution in [0.1, 0.15) is 117 Å². The van der Waals surface area contributed by atoms with E-state index in [2.05, 4.69) is 52.8 Å². The van der Waals surface area contributed by atoms with Crippen LogP contribution in [0.4, 0.5) is 0 Å². The van der Waals surface area contributed by atoms with Gasteiger partial charge in [-0.3, -0.25) is 47.9 Å². The first kappa shape index (κ1) is 78.5. The number of aliphatic carboxylic acids is 1. The van der Waals surface area contributed by atoms with Crippen molar-refractivity contribution in [1.82, 2.24) is 72.1 Å². The van der Waals surface area contributed by atoms with Crippen LogP contribution in [0.5, 0.6) is 0 Å². The van der Waals surface area contributed by atoms with Crippen LogP contribution in [0.3, 0.4) is 0 Å². The second-order valence-corrected chi connectivity index (χ2v) is 30.4. The minimum absolute atomic E-state index is 0.000911. The third-order valence-corrected chi connectivity index (χ3v) is 19.3. The van der Waals surface area contributed by atoms with Crippen LogP contribution in [0.25, 0.3) is 21.5 Å². The highest BCUT2D eigenvalue weighted by molar-refractivity contribution is 7.89. The number of carboxylic acids is 1. The number of likely N-dealkylation sites (tertiary alicyclic amines) is 2. The molecule has 0 spiro atoms. The number of fused-ring (bicyclic) bond motifs is 6. The Morgan fingerprint density at radius 2 is 1.13 bits per heavy atom. The molecule has 3 aliphatic rings. The van der Waals surface area contributed by atoms with Crippen LogP contribution in [0.2, 0.25) is 0 Å². The molecule has 29 nitrogen and oxygen atoms in total. The Morgan fingerprint density at radius 1 is 0.637 bits per heavy atom. The number of likely N-dealkylation sites (N-methyl/N-ethyl adjacent to an activating group) is 2. The van der Waals surface area contributed by atoms with Crippen LogP contribution in [-0.4, -0.2) is 211 Å². The molecule has 0 saturated carbocycles. The SMILES string of the molecule is CN[C@@H](C)C(=O)N[C@H](C(=O)N1CC[C@@H]2OC/C=C/CC[C@@H](C(=O)O)NC(=O)[C@H](Cc3ccc4ccccc4c3)NC(=O)[C@@H]3[C@H](CCN3C(=O)[C@@H](NC(=O)[C@H](C)NC)C(C)(C)C)OCc3cn(nn3)[C@H](C(=O)NS(C)(=O)=O)CCCNC(=O)[C@H](Cc3ccc4ccccc4c3)NC(=O)[C@H]21)C(C)(C)C. The summed E-state index contributed by atoms with van der Waals surface area (Å²) in [6.45, 7) is 13.1. The second kappa shape index (κ2) is 34.6. The minimum Gasteiger partial charge on any atom is -0.480 e. The zero-order chi connectivity index (χ0) is 74.4. The van der Waals surface area contributed by atoms with E-state index in [9.17, 15) is 42.3 Å². The van der Waals surface area contributed by atoms with Crippen molar-refractivity contribution >= 4 is 90.7 Å². The Bertz CT molecular complexity index is 4020. The lowest BCUT2D eigenvalue weighted by Crippen LogP contribution is -2.62. The van der Waals surface area contributed by atoms with Crippen molar-refractivity contribution in [2.24, 2.45) is 10.8 Å². The fourth-order valence-corrected chi connectivity index (χ4v) is 13.2. The highest BCUT2D eigenvalue weighted by Crippen LogP contribution is 2.31. The van der Waals surface area contributed by atoms with E-state index in [0.717, 1.165) is 32.5 Å². The number of benzene rings is 4. The summed E-state index contributed by atoms with van der Waals surface area (Å²) in [6, 6.07) is 13.9. The summed E-state index contributed by atoms with van der Waals surface area (Å²) in [5.74, 6) is -7.69. The molecule has 2 bridgehead atoms. The summed E-state index contributed by atoms with van der Waals surface area (Å²) >= 11 is 0. The van der Waals surface area contributed by atoms with Gasteiger partial charge >= 0.3 is 5.97 Å². The molecule has 9 amide bonds. The quantitative estimate of drug-likeness (QED) is 0.0672. The largest absolute Gasteiger partial charge is 0.480 e. The average Bonchev–Trinajstić information content (AvgIpc) is 1.61. The summed E-state index contributed by atoms with van der Waals surface area (Å²) in [7, 11) is -0.965. The van der Waals surface area contributed by atoms with Gasteiger partial charge in [0.2, 0.25) is 57.3 Å². The third-order valence-electron chi connectivity index (χ3n) is 18.7. The number of ether oxygens (including phenoxy) is 2. The zero-order valence-electron chi connectivity index (χ0n) is 59.7. The number of hydrogen-bond acceptors (Lipinski definition) is 18. The second-order valence-electron chi connectivity index (χ2n) is 28.6. The van der Waals surface area contributed by atoms with Crippen molar-refractivity contribution < 1.29 is 70.9 Å². The predicted octanol–water partition coefficient (Wildman–Crippen LogP) is 2.22. The molecule has 4 aromatic carbocycles. The summed E-state index contributed by atoms with van der Waals surface area (Å²) in [6.07, 6.45) is 3.06. The van der Waals surface area contributed by atoms with Crippen molar-refractivity contribution in [1.29, 1.82) is 0 Å². The Hall–Kier alpha value is -9.23. The predicted molar refractivity (Wildman–Crippen MR) is 380 cm³/mol. The van der Waals surface area contributed by atoms with Gasteiger partial charge in [0.15, 0.2) is 0 Å². The number of amides is 9. The van der Waals surface area contributed by atoms with Gasteiger partial charge in [-0.2, -0.15) is 0 Å². The summed E-state index contributed by atoms with van der Waals surface area (Å²) in [4.78, 5) is 147. The molecular weight excluding hydrogens is 1330 g/mol. The van der Waals surface area contributed by atoms with E-state index in [1.165, 1.54) is 16.0 Å². The number of allylic oxidation sites excluding steroid dienone is 1. The summed E-state index contributed by atoms with van der Waals surface area (Å²) in [5, 5.41) is 45.4. The number of carbonyl (C=O) groups excluding carboxylic acids is 9. The Morgan fingerprint density at radius 3 is 1.61 bits per heavy atom. The fraction of sp³-hybridized carbons (Fsp3) is 0.528. The topological polar surface area (TPSA) is 389 Å². The highest BCUT2D eigenvalue weighted by atomic mass is 32.2. The molecule has 12 atom stereocenters. The minimum atomic E-state index is -4.15. The Labute approximate surface area is 594 Å². The maximum Gasteiger partial charge on any atom is 0.326 e. The third kappa shape index (κ3) is 20.7. The van der Waals surface area contributed by atoms with E-state index in [-0.39, 0.29) is 83.3 Å². The number of aromatic nitrogens is 3. The lowest BCUT2D eigenvalue weighted by Gasteiger charge is -2.37. The smallest absolute Gasteiger partial charge is 0.326 e. The number of carboxylic acid groups (broad SMARTS) is 1. The molecule has 5 aromatic rings. The number of sulfonamides is 1. The van der Waals surface area contributed by atoms with Gasteiger partial charge in [-0.1, -0.05) is 144 Å². The van der Waals surface area contributed by atoms with Gasteiger partial charge in [0, 0.05) is 32.5 Å². The molecule has 30 heteroatoms. The molecule has 4 heterocycles. The lowest BCUT2D eigenvalue weighted by molar-refractivity contribution is -0.147. The maximum absolute atomic E-state index is 15.4. The van der Waals surface area contributed by atoms with Crippen LogP contribution in [0, 0.1) is 10.8 Å². The summed E-state index contributed by atoms with van der Waals surface area (Å²) < 4.78 is 41.3. The first-order valence-electron chi connectivity index (χ1n) is 34.5. The fourth-order valence-electron chi connectivity index (χ4n) is 12.7. The molecule has 2 saturated heterocycles. The number of nitrogens with zero attached hydrogens (tertiary/aromatic N) is 5. The molecule has 102 heavy (non-hydrogen) atoms. The molecule has 10 N–H and O–H groups in total. The molecule has 552 valence electrons. The standard InChI is InChI=1S/C72H98N14O15S/c1-42(73-9)61(87)79-59(71(3,4)5)68(94)84-33-30-55-57(84)66(92)77-52(38-44-26-28-46-20-14-16-22-48(46)36-44)63(89)75-32-19-25-54(65(91)82-102(11,98)99)86-40-50(81-83-86)41-101-56-31-34-85(69(95)60(72(6,7)8)80-62(88)43(2)74-10)58(56)67(93)78-53(39-45-27-29-47-21-15-17-23-49(47)37-45)64(90)76-51(70(96)97)24-13-12-18-35-100-55/h12,14-18,20-23,26-29,36-37,40,42-43,51-60,73-74H,13,19,24-25,30-35,38-39,41H2,1-11H3,(H,75,89)(H,76,90)(H,77,92)(H,78,93)(H,79,87)(H,80,88)(H,82,91)(H,96,97)/b18-12+/t42-,43-,51-,52-,53-,54-,55-,56-,57-,58-,59+,60+/m0/s1. The first-order chi connectivity index (χ1) is 48.2. The van der Waals surface area contributed by atoms with Gasteiger partial charge in [0.1, 0.15) is 54.0 Å². The molecule has 0 aliphatic carbocycles. The van der Waals surface area contributed by atoms with Crippen molar-refractivity contribution in [3.05, 3.63) is 120 Å². The molecular formula is C72H98N14O15S. The highest BCUT2D eigenvalue weighted by Gasteiger charge is 2.50. The van der Waals surface area contributed by atoms with Gasteiger partial charge in [-0.05, 0) is 110 Å². The van der Waals surface area contributed by atoms with Crippen LogP contribution >= 0.6 is 0 Å². The molecule has 1 aromatic heterocycles. The molecule has 0 unspecified atom stereocenters. The Balaban J connectivity index is 1.17. The van der Waals surface area contributed by atoms with E-state index in [0.29, 0.717) is 11.1 Å².